The van der Waals surface area contributed by atoms with E-state index in [1.807, 2.05) is 19.1 Å². The molecule has 0 radical (unpaired) electrons. The molecule has 1 aromatic heterocycles. The summed E-state index contributed by atoms with van der Waals surface area (Å²) in [4.78, 5) is 38.2. The van der Waals surface area contributed by atoms with Crippen molar-refractivity contribution in [3.05, 3.63) is 82.1 Å². The van der Waals surface area contributed by atoms with Crippen LogP contribution in [0.15, 0.2) is 64.6 Å². The van der Waals surface area contributed by atoms with E-state index in [2.05, 4.69) is 5.32 Å². The van der Waals surface area contributed by atoms with Crippen molar-refractivity contribution in [1.29, 1.82) is 0 Å². The molecule has 0 unspecified atom stereocenters. The Kier molecular flexibility index (Phi) is 6.13. The second kappa shape index (κ2) is 9.01. The number of carbonyl (C=O) groups is 3. The molecule has 33 heavy (non-hydrogen) atoms. The molecule has 1 saturated heterocycles. The predicted octanol–water partition coefficient (Wildman–Crippen LogP) is 4.69. The van der Waals surface area contributed by atoms with Crippen molar-refractivity contribution in [1.82, 2.24) is 5.32 Å². The summed E-state index contributed by atoms with van der Waals surface area (Å²) in [6, 6.07) is 15.0. The van der Waals surface area contributed by atoms with E-state index in [1.54, 1.807) is 30.3 Å². The first-order chi connectivity index (χ1) is 15.8. The molecule has 2 aromatic carbocycles. The number of carboxylic acids is 1. The molecule has 7 nitrogen and oxygen atoms in total. The van der Waals surface area contributed by atoms with E-state index in [0.29, 0.717) is 17.0 Å². The summed E-state index contributed by atoms with van der Waals surface area (Å²) in [6.45, 7) is 2.02. The number of hydrogen-bond acceptors (Lipinski definition) is 5. The molecular formula is C24H17ClN2O5S. The minimum absolute atomic E-state index is 0.00565. The van der Waals surface area contributed by atoms with Gasteiger partial charge in [0.25, 0.3) is 11.8 Å². The zero-order chi connectivity index (χ0) is 23.7. The molecule has 2 N–H and O–H groups in total. The van der Waals surface area contributed by atoms with Gasteiger partial charge in [0.2, 0.25) is 0 Å². The van der Waals surface area contributed by atoms with Crippen molar-refractivity contribution < 1.29 is 23.9 Å². The van der Waals surface area contributed by atoms with Crippen LogP contribution in [0.25, 0.3) is 17.4 Å². The third-order valence-electron chi connectivity index (χ3n) is 5.10. The Hall–Kier alpha value is -3.75. The Morgan fingerprint density at radius 2 is 1.88 bits per heavy atom. The number of aromatic carboxylic acids is 1. The van der Waals surface area contributed by atoms with Crippen LogP contribution in [0.5, 0.6) is 0 Å². The highest BCUT2D eigenvalue weighted by molar-refractivity contribution is 7.80. The summed E-state index contributed by atoms with van der Waals surface area (Å²) in [5.74, 6) is -1.78. The fourth-order valence-corrected chi connectivity index (χ4v) is 3.82. The lowest BCUT2D eigenvalue weighted by Crippen LogP contribution is -2.54. The van der Waals surface area contributed by atoms with Gasteiger partial charge < -0.3 is 9.52 Å². The number of thiocarbonyl (C=S) groups is 1. The van der Waals surface area contributed by atoms with E-state index in [-0.39, 0.29) is 27.0 Å². The highest BCUT2D eigenvalue weighted by atomic mass is 35.5. The van der Waals surface area contributed by atoms with E-state index in [1.165, 1.54) is 23.1 Å². The Labute approximate surface area is 199 Å². The number of nitrogens with zero attached hydrogens (tertiary/aromatic N) is 1. The van der Waals surface area contributed by atoms with Gasteiger partial charge >= 0.3 is 5.97 Å². The van der Waals surface area contributed by atoms with Crippen LogP contribution in [-0.4, -0.2) is 28.0 Å². The molecule has 1 fully saturated rings. The third kappa shape index (κ3) is 4.44. The number of nitrogens with one attached hydrogen (secondary N) is 1. The smallest absolute Gasteiger partial charge is 0.337 e. The molecule has 9 heteroatoms. The van der Waals surface area contributed by atoms with Crippen molar-refractivity contribution in [3.63, 3.8) is 0 Å². The number of hydrogen-bond donors (Lipinski definition) is 2. The average molecular weight is 481 g/mol. The summed E-state index contributed by atoms with van der Waals surface area (Å²) in [5, 5.41) is 11.9. The Morgan fingerprint density at radius 1 is 1.15 bits per heavy atom. The van der Waals surface area contributed by atoms with Gasteiger partial charge in [-0.2, -0.15) is 0 Å². The number of carboxylic acid groups (broad SMARTS) is 1. The lowest BCUT2D eigenvalue weighted by atomic mass is 10.1. The van der Waals surface area contributed by atoms with Crippen LogP contribution in [0.1, 0.15) is 28.6 Å². The average Bonchev–Trinajstić information content (AvgIpc) is 3.26. The standard InChI is InChI=1S/C24H17ClN2O5S/c1-2-13-3-6-15(7-4-13)27-22(29)18(21(28)26-24(27)33)12-16-8-10-20(32-16)14-5-9-19(25)17(11-14)23(30)31/h3-12H,2H2,1H3,(H,30,31)(H,26,28,33)/b18-12-. The van der Waals surface area contributed by atoms with Gasteiger partial charge in [-0.3, -0.25) is 19.8 Å². The zero-order valence-corrected chi connectivity index (χ0v) is 18.9. The van der Waals surface area contributed by atoms with E-state index in [0.717, 1.165) is 12.0 Å². The summed E-state index contributed by atoms with van der Waals surface area (Å²) in [6.07, 6.45) is 2.17. The number of anilines is 1. The number of amides is 2. The number of carbonyl (C=O) groups excluding carboxylic acids is 2. The Bertz CT molecular complexity index is 1330. The van der Waals surface area contributed by atoms with Crippen LogP contribution in [0.2, 0.25) is 5.02 Å². The summed E-state index contributed by atoms with van der Waals surface area (Å²) in [7, 11) is 0. The first-order valence-corrected chi connectivity index (χ1v) is 10.7. The van der Waals surface area contributed by atoms with Gasteiger partial charge in [0, 0.05) is 5.56 Å². The SMILES string of the molecule is CCc1ccc(N2C(=O)/C(=C\c3ccc(-c4ccc(Cl)c(C(=O)O)c4)o3)C(=O)NC2=S)cc1. The van der Waals surface area contributed by atoms with Crippen LogP contribution in [0, 0.1) is 0 Å². The summed E-state index contributed by atoms with van der Waals surface area (Å²) >= 11 is 11.1. The Morgan fingerprint density at radius 3 is 2.55 bits per heavy atom. The lowest BCUT2D eigenvalue weighted by molar-refractivity contribution is -0.122. The van der Waals surface area contributed by atoms with Gasteiger partial charge in [-0.05, 0) is 72.7 Å². The molecule has 0 bridgehead atoms. The number of aryl methyl sites for hydroxylation is 1. The molecule has 166 valence electrons. The van der Waals surface area contributed by atoms with Crippen LogP contribution >= 0.6 is 23.8 Å². The number of benzene rings is 2. The molecule has 0 saturated carbocycles. The van der Waals surface area contributed by atoms with Crippen LogP contribution < -0.4 is 10.2 Å². The van der Waals surface area contributed by atoms with Crippen molar-refractivity contribution in [2.24, 2.45) is 0 Å². The van der Waals surface area contributed by atoms with Gasteiger partial charge in [-0.15, -0.1) is 0 Å². The molecule has 4 rings (SSSR count). The molecule has 2 heterocycles. The first kappa shape index (κ1) is 22.4. The van der Waals surface area contributed by atoms with Crippen molar-refractivity contribution in [3.8, 4) is 11.3 Å². The fraction of sp³-hybridized carbons (Fsp3) is 0.0833. The topological polar surface area (TPSA) is 99.8 Å². The Balaban J connectivity index is 1.66. The highest BCUT2D eigenvalue weighted by Gasteiger charge is 2.34. The highest BCUT2D eigenvalue weighted by Crippen LogP contribution is 2.29. The normalized spacial score (nSPS) is 15.2. The van der Waals surface area contributed by atoms with Gasteiger partial charge in [0.1, 0.15) is 17.1 Å². The molecule has 2 amide bonds. The molecule has 1 aliphatic rings. The second-order valence-corrected chi connectivity index (χ2v) is 7.97. The van der Waals surface area contributed by atoms with E-state index in [9.17, 15) is 19.5 Å². The van der Waals surface area contributed by atoms with Gasteiger partial charge in [0.15, 0.2) is 5.11 Å². The largest absolute Gasteiger partial charge is 0.478 e. The second-order valence-electron chi connectivity index (χ2n) is 7.18. The quantitative estimate of drug-likeness (QED) is 0.312. The predicted molar refractivity (Wildman–Crippen MR) is 128 cm³/mol. The van der Waals surface area contributed by atoms with Crippen LogP contribution in [0.3, 0.4) is 0 Å². The van der Waals surface area contributed by atoms with E-state index in [4.69, 9.17) is 28.2 Å². The maximum Gasteiger partial charge on any atom is 0.337 e. The molecule has 0 atom stereocenters. The summed E-state index contributed by atoms with van der Waals surface area (Å²) in [5.41, 5.74) is 1.91. The third-order valence-corrected chi connectivity index (χ3v) is 5.71. The monoisotopic (exact) mass is 480 g/mol. The van der Waals surface area contributed by atoms with Crippen molar-refractivity contribution in [2.75, 3.05) is 4.90 Å². The van der Waals surface area contributed by atoms with Crippen molar-refractivity contribution in [2.45, 2.75) is 13.3 Å². The molecule has 1 aliphatic heterocycles. The number of furan rings is 1. The maximum absolute atomic E-state index is 13.1. The zero-order valence-electron chi connectivity index (χ0n) is 17.3. The van der Waals surface area contributed by atoms with E-state index < -0.39 is 17.8 Å². The minimum atomic E-state index is -1.16. The fourth-order valence-electron chi connectivity index (χ4n) is 3.34. The van der Waals surface area contributed by atoms with Crippen LogP contribution in [0.4, 0.5) is 5.69 Å². The lowest BCUT2D eigenvalue weighted by Gasteiger charge is -2.28. The number of halogens is 1. The minimum Gasteiger partial charge on any atom is -0.478 e. The maximum atomic E-state index is 13.1. The van der Waals surface area contributed by atoms with Crippen molar-refractivity contribution >= 4 is 58.5 Å². The molecule has 0 aliphatic carbocycles. The number of rotatable bonds is 5. The first-order valence-electron chi connectivity index (χ1n) is 9.92. The van der Waals surface area contributed by atoms with Gasteiger partial charge in [0.05, 0.1) is 16.3 Å². The summed E-state index contributed by atoms with van der Waals surface area (Å²) < 4.78 is 5.75. The molecular weight excluding hydrogens is 464 g/mol. The molecule has 0 spiro atoms. The molecule has 3 aromatic rings. The van der Waals surface area contributed by atoms with Gasteiger partial charge in [-0.1, -0.05) is 30.7 Å². The van der Waals surface area contributed by atoms with Crippen LogP contribution in [-0.2, 0) is 16.0 Å². The van der Waals surface area contributed by atoms with Gasteiger partial charge in [-0.25, -0.2) is 4.79 Å². The van der Waals surface area contributed by atoms with E-state index >= 15 is 0 Å².